The van der Waals surface area contributed by atoms with Gasteiger partial charge in [0.25, 0.3) is 0 Å². The molecule has 0 spiro atoms. The number of hydrogen-bond acceptors (Lipinski definition) is 2. The second-order valence-corrected chi connectivity index (χ2v) is 7.06. The summed E-state index contributed by atoms with van der Waals surface area (Å²) in [7, 11) is 0. The van der Waals surface area contributed by atoms with Crippen LogP contribution in [0.5, 0.6) is 0 Å². The number of benzene rings is 1. The third kappa shape index (κ3) is 2.21. The Bertz CT molecular complexity index is 822. The minimum atomic E-state index is 0.0999. The quantitative estimate of drug-likeness (QED) is 0.664. The first-order valence-corrected chi connectivity index (χ1v) is 8.35. The fourth-order valence-electron chi connectivity index (χ4n) is 3.02. The average molecular weight is 316 g/mol. The second kappa shape index (κ2) is 5.00. The van der Waals surface area contributed by atoms with Gasteiger partial charge in [0.2, 0.25) is 5.78 Å². The van der Waals surface area contributed by atoms with Crippen molar-refractivity contribution in [1.29, 1.82) is 0 Å². The predicted molar refractivity (Wildman–Crippen MR) is 87.7 cm³/mol. The molecule has 0 atom stereocenters. The molecule has 4 rings (SSSR count). The molecular formula is C17H14ClNOS. The van der Waals surface area contributed by atoms with Crippen molar-refractivity contribution < 1.29 is 4.79 Å². The number of aryl methyl sites for hydroxylation is 2. The van der Waals surface area contributed by atoms with Gasteiger partial charge in [-0.2, -0.15) is 0 Å². The van der Waals surface area contributed by atoms with E-state index in [1.165, 1.54) is 23.3 Å². The third-order valence-electron chi connectivity index (χ3n) is 4.11. The Labute approximate surface area is 131 Å². The van der Waals surface area contributed by atoms with Crippen LogP contribution >= 0.6 is 22.9 Å². The number of aromatic nitrogens is 1. The van der Waals surface area contributed by atoms with E-state index in [-0.39, 0.29) is 5.78 Å². The van der Waals surface area contributed by atoms with Gasteiger partial charge in [-0.25, -0.2) is 0 Å². The highest BCUT2D eigenvalue weighted by Crippen LogP contribution is 2.32. The SMILES string of the molecule is O=C(c1cc2c(s1)CCCC2)c1c[nH]c2ccc(Cl)cc12. The first-order valence-electron chi connectivity index (χ1n) is 7.15. The van der Waals surface area contributed by atoms with Crippen molar-refractivity contribution in [2.75, 3.05) is 0 Å². The van der Waals surface area contributed by atoms with Crippen LogP contribution < -0.4 is 0 Å². The molecule has 0 radical (unpaired) electrons. The largest absolute Gasteiger partial charge is 0.360 e. The number of nitrogens with one attached hydrogen (secondary N) is 1. The molecule has 2 heterocycles. The van der Waals surface area contributed by atoms with Gasteiger partial charge in [-0.3, -0.25) is 4.79 Å². The van der Waals surface area contributed by atoms with E-state index in [1.807, 2.05) is 18.2 Å². The number of carbonyl (C=O) groups excluding carboxylic acids is 1. The van der Waals surface area contributed by atoms with E-state index in [0.717, 1.165) is 28.6 Å². The number of fused-ring (bicyclic) bond motifs is 2. The summed E-state index contributed by atoms with van der Waals surface area (Å²) in [6, 6.07) is 7.69. The summed E-state index contributed by atoms with van der Waals surface area (Å²) < 4.78 is 0. The molecule has 3 aromatic rings. The number of aromatic amines is 1. The van der Waals surface area contributed by atoms with Gasteiger partial charge in [-0.05, 0) is 55.5 Å². The highest BCUT2D eigenvalue weighted by atomic mass is 35.5. The monoisotopic (exact) mass is 315 g/mol. The molecule has 1 aromatic carbocycles. The molecule has 0 amide bonds. The molecule has 1 aliphatic carbocycles. The standard InChI is InChI=1S/C17H14ClNOS/c18-11-5-6-14-12(8-11)13(9-19-14)17(20)16-7-10-3-1-2-4-15(10)21-16/h5-9,19H,1-4H2. The van der Waals surface area contributed by atoms with E-state index in [1.54, 1.807) is 17.5 Å². The van der Waals surface area contributed by atoms with Crippen LogP contribution in [-0.2, 0) is 12.8 Å². The normalized spacial score (nSPS) is 14.3. The molecule has 4 heteroatoms. The van der Waals surface area contributed by atoms with E-state index in [4.69, 9.17) is 11.6 Å². The van der Waals surface area contributed by atoms with E-state index in [0.29, 0.717) is 10.6 Å². The zero-order valence-electron chi connectivity index (χ0n) is 11.4. The molecule has 0 saturated carbocycles. The zero-order chi connectivity index (χ0) is 14.4. The van der Waals surface area contributed by atoms with Gasteiger partial charge < -0.3 is 4.98 Å². The fourth-order valence-corrected chi connectivity index (χ4v) is 4.40. The van der Waals surface area contributed by atoms with Crippen LogP contribution in [0, 0.1) is 0 Å². The van der Waals surface area contributed by atoms with E-state index < -0.39 is 0 Å². The van der Waals surface area contributed by atoms with Crippen LogP contribution in [0.2, 0.25) is 5.02 Å². The van der Waals surface area contributed by atoms with Crippen LogP contribution in [0.4, 0.5) is 0 Å². The van der Waals surface area contributed by atoms with Crippen molar-refractivity contribution in [3.8, 4) is 0 Å². The highest BCUT2D eigenvalue weighted by molar-refractivity contribution is 7.14. The molecule has 1 aliphatic rings. The number of ketones is 1. The zero-order valence-corrected chi connectivity index (χ0v) is 13.0. The lowest BCUT2D eigenvalue weighted by molar-refractivity contribution is 0.104. The molecule has 1 N–H and O–H groups in total. The number of thiophene rings is 1. The topological polar surface area (TPSA) is 32.9 Å². The van der Waals surface area contributed by atoms with Crippen molar-refractivity contribution in [2.45, 2.75) is 25.7 Å². The summed E-state index contributed by atoms with van der Waals surface area (Å²) in [6.07, 6.45) is 6.50. The van der Waals surface area contributed by atoms with Crippen LogP contribution in [0.1, 0.15) is 38.5 Å². The summed E-state index contributed by atoms with van der Waals surface area (Å²) in [5.41, 5.74) is 3.03. The predicted octanol–water partition coefficient (Wildman–Crippen LogP) is 4.99. The maximum atomic E-state index is 12.8. The lowest BCUT2D eigenvalue weighted by Crippen LogP contribution is -1.97. The van der Waals surface area contributed by atoms with Crippen LogP contribution in [0.15, 0.2) is 30.5 Å². The van der Waals surface area contributed by atoms with Crippen molar-refractivity contribution in [1.82, 2.24) is 4.98 Å². The Kier molecular flexibility index (Phi) is 3.12. The molecule has 0 unspecified atom stereocenters. The number of rotatable bonds is 2. The number of halogens is 1. The third-order valence-corrected chi connectivity index (χ3v) is 5.58. The van der Waals surface area contributed by atoms with Crippen molar-refractivity contribution >= 4 is 39.6 Å². The summed E-state index contributed by atoms with van der Waals surface area (Å²) in [5.74, 6) is 0.0999. The van der Waals surface area contributed by atoms with Gasteiger partial charge in [0.15, 0.2) is 0 Å². The second-order valence-electron chi connectivity index (χ2n) is 5.49. The van der Waals surface area contributed by atoms with Gasteiger partial charge in [0.05, 0.1) is 4.88 Å². The molecule has 0 aliphatic heterocycles. The van der Waals surface area contributed by atoms with Crippen molar-refractivity contribution in [3.05, 3.63) is 56.4 Å². The molecule has 2 nitrogen and oxygen atoms in total. The Hall–Kier alpha value is -1.58. The first kappa shape index (κ1) is 13.1. The Morgan fingerprint density at radius 1 is 1.19 bits per heavy atom. The summed E-state index contributed by atoms with van der Waals surface area (Å²) in [6.45, 7) is 0. The van der Waals surface area contributed by atoms with E-state index in [2.05, 4.69) is 11.1 Å². The number of carbonyl (C=O) groups is 1. The maximum absolute atomic E-state index is 12.8. The van der Waals surface area contributed by atoms with Crippen molar-refractivity contribution in [3.63, 3.8) is 0 Å². The highest BCUT2D eigenvalue weighted by Gasteiger charge is 2.20. The summed E-state index contributed by atoms with van der Waals surface area (Å²) >= 11 is 7.72. The lowest BCUT2D eigenvalue weighted by Gasteiger charge is -2.08. The molecule has 21 heavy (non-hydrogen) atoms. The minimum absolute atomic E-state index is 0.0999. The Balaban J connectivity index is 1.79. The van der Waals surface area contributed by atoms with Gasteiger partial charge in [0.1, 0.15) is 0 Å². The molecule has 0 saturated heterocycles. The van der Waals surface area contributed by atoms with Gasteiger partial charge in [-0.1, -0.05) is 11.6 Å². The van der Waals surface area contributed by atoms with Crippen LogP contribution in [0.3, 0.4) is 0 Å². The molecule has 0 bridgehead atoms. The first-order chi connectivity index (χ1) is 10.2. The molecule has 0 fully saturated rings. The molecule has 106 valence electrons. The maximum Gasteiger partial charge on any atom is 0.205 e. The van der Waals surface area contributed by atoms with Gasteiger partial charge in [-0.15, -0.1) is 11.3 Å². The van der Waals surface area contributed by atoms with E-state index >= 15 is 0 Å². The van der Waals surface area contributed by atoms with Crippen LogP contribution in [0.25, 0.3) is 10.9 Å². The number of H-pyrrole nitrogens is 1. The van der Waals surface area contributed by atoms with Crippen molar-refractivity contribution in [2.24, 2.45) is 0 Å². The van der Waals surface area contributed by atoms with Gasteiger partial charge >= 0.3 is 0 Å². The Morgan fingerprint density at radius 2 is 2.05 bits per heavy atom. The lowest BCUT2D eigenvalue weighted by atomic mass is 9.98. The summed E-state index contributed by atoms with van der Waals surface area (Å²) in [4.78, 5) is 18.2. The smallest absolute Gasteiger partial charge is 0.205 e. The summed E-state index contributed by atoms with van der Waals surface area (Å²) in [5, 5.41) is 1.56. The average Bonchev–Trinajstić information content (AvgIpc) is 3.09. The van der Waals surface area contributed by atoms with Crippen LogP contribution in [-0.4, -0.2) is 10.8 Å². The van der Waals surface area contributed by atoms with Gasteiger partial charge in [0, 0.05) is 32.6 Å². The van der Waals surface area contributed by atoms with E-state index in [9.17, 15) is 4.79 Å². The molecule has 2 aromatic heterocycles. The number of hydrogen-bond donors (Lipinski definition) is 1. The molecular weight excluding hydrogens is 302 g/mol. The minimum Gasteiger partial charge on any atom is -0.360 e. The fraction of sp³-hybridized carbons (Fsp3) is 0.235. The Morgan fingerprint density at radius 3 is 2.90 bits per heavy atom.